The highest BCUT2D eigenvalue weighted by atomic mass is 16.3. The van der Waals surface area contributed by atoms with Crippen LogP contribution >= 0.6 is 0 Å². The second kappa shape index (κ2) is 8.79. The predicted octanol–water partition coefficient (Wildman–Crippen LogP) is 5.55. The Hall–Kier alpha value is -1.24. The van der Waals surface area contributed by atoms with Crippen molar-refractivity contribution >= 4 is 5.57 Å². The van der Waals surface area contributed by atoms with Crippen LogP contribution in [-0.4, -0.2) is 5.11 Å². The van der Waals surface area contributed by atoms with E-state index in [9.17, 15) is 5.11 Å². The number of para-hydroxylation sites is 1. The minimum Gasteiger partial charge on any atom is -0.507 e. The fourth-order valence-corrected chi connectivity index (χ4v) is 2.28. The summed E-state index contributed by atoms with van der Waals surface area (Å²) in [7, 11) is 0. The van der Waals surface area contributed by atoms with Gasteiger partial charge in [0.15, 0.2) is 0 Å². The molecule has 0 aliphatic rings. The summed E-state index contributed by atoms with van der Waals surface area (Å²) < 4.78 is 0. The van der Waals surface area contributed by atoms with E-state index in [0.717, 1.165) is 12.0 Å². The normalized spacial score (nSPS) is 11.8. The van der Waals surface area contributed by atoms with Crippen LogP contribution < -0.4 is 0 Å². The van der Waals surface area contributed by atoms with Crippen molar-refractivity contribution in [2.24, 2.45) is 0 Å². The van der Waals surface area contributed by atoms with Gasteiger partial charge in [-0.05, 0) is 31.4 Å². The van der Waals surface area contributed by atoms with Gasteiger partial charge in [-0.1, -0.05) is 63.3 Å². The van der Waals surface area contributed by atoms with E-state index in [1.165, 1.54) is 44.1 Å². The van der Waals surface area contributed by atoms with Crippen molar-refractivity contribution in [2.45, 2.75) is 58.8 Å². The Morgan fingerprint density at radius 2 is 1.72 bits per heavy atom. The lowest BCUT2D eigenvalue weighted by atomic mass is 9.98. The molecule has 100 valence electrons. The van der Waals surface area contributed by atoms with Crippen LogP contribution in [0.4, 0.5) is 0 Å². The molecule has 0 radical (unpaired) electrons. The number of allylic oxidation sites excluding steroid dienone is 2. The van der Waals surface area contributed by atoms with E-state index in [2.05, 4.69) is 19.9 Å². The first-order chi connectivity index (χ1) is 8.79. The number of phenols is 1. The van der Waals surface area contributed by atoms with E-state index >= 15 is 0 Å². The van der Waals surface area contributed by atoms with Crippen molar-refractivity contribution < 1.29 is 5.11 Å². The quantitative estimate of drug-likeness (QED) is 0.596. The largest absolute Gasteiger partial charge is 0.507 e. The van der Waals surface area contributed by atoms with Crippen LogP contribution in [-0.2, 0) is 0 Å². The first kappa shape index (κ1) is 14.8. The molecule has 0 aromatic heterocycles. The van der Waals surface area contributed by atoms with Gasteiger partial charge in [-0.2, -0.15) is 0 Å². The Labute approximate surface area is 112 Å². The fraction of sp³-hybridized carbons (Fsp3) is 0.529. The lowest BCUT2D eigenvalue weighted by Crippen LogP contribution is -1.87. The molecule has 0 amide bonds. The summed E-state index contributed by atoms with van der Waals surface area (Å²) in [5, 5.41) is 9.84. The molecule has 0 aliphatic heterocycles. The van der Waals surface area contributed by atoms with Crippen LogP contribution in [0.3, 0.4) is 0 Å². The molecule has 0 saturated carbocycles. The Morgan fingerprint density at radius 1 is 1.06 bits per heavy atom. The molecule has 0 spiro atoms. The van der Waals surface area contributed by atoms with Gasteiger partial charge >= 0.3 is 0 Å². The molecule has 0 aliphatic carbocycles. The Kier molecular flexibility index (Phi) is 7.24. The van der Waals surface area contributed by atoms with E-state index in [-0.39, 0.29) is 0 Å². The molecule has 1 aromatic carbocycles. The monoisotopic (exact) mass is 246 g/mol. The second-order valence-corrected chi connectivity index (χ2v) is 4.85. The van der Waals surface area contributed by atoms with Gasteiger partial charge in [0.1, 0.15) is 5.75 Å². The molecule has 0 bridgehead atoms. The highest BCUT2D eigenvalue weighted by molar-refractivity contribution is 5.69. The zero-order valence-corrected chi connectivity index (χ0v) is 11.8. The molecule has 1 N–H and O–H groups in total. The number of rotatable bonds is 8. The first-order valence-electron chi connectivity index (χ1n) is 7.23. The maximum absolute atomic E-state index is 9.84. The lowest BCUT2D eigenvalue weighted by Gasteiger charge is -2.09. The molecular weight excluding hydrogens is 220 g/mol. The van der Waals surface area contributed by atoms with Crippen molar-refractivity contribution in [1.82, 2.24) is 0 Å². The summed E-state index contributed by atoms with van der Waals surface area (Å²) in [5.74, 6) is 0.400. The second-order valence-electron chi connectivity index (χ2n) is 4.85. The summed E-state index contributed by atoms with van der Waals surface area (Å²) in [6.45, 7) is 4.30. The van der Waals surface area contributed by atoms with Crippen molar-refractivity contribution in [3.63, 3.8) is 0 Å². The maximum atomic E-state index is 9.84. The van der Waals surface area contributed by atoms with Crippen molar-refractivity contribution in [3.05, 3.63) is 35.9 Å². The van der Waals surface area contributed by atoms with Gasteiger partial charge in [0.05, 0.1) is 0 Å². The number of unbranched alkanes of at least 4 members (excludes halogenated alkanes) is 5. The van der Waals surface area contributed by atoms with Crippen LogP contribution in [0, 0.1) is 0 Å². The van der Waals surface area contributed by atoms with Crippen molar-refractivity contribution in [3.8, 4) is 5.75 Å². The van der Waals surface area contributed by atoms with Crippen LogP contribution in [0.1, 0.15) is 64.4 Å². The molecule has 0 heterocycles. The van der Waals surface area contributed by atoms with Crippen LogP contribution in [0.2, 0.25) is 0 Å². The number of hydrogen-bond donors (Lipinski definition) is 1. The molecule has 1 aromatic rings. The van der Waals surface area contributed by atoms with Crippen LogP contribution in [0.25, 0.3) is 5.57 Å². The number of aromatic hydroxyl groups is 1. The molecule has 1 rings (SSSR count). The van der Waals surface area contributed by atoms with E-state index in [4.69, 9.17) is 0 Å². The average Bonchev–Trinajstić information content (AvgIpc) is 2.39. The lowest BCUT2D eigenvalue weighted by molar-refractivity contribution is 0.473. The van der Waals surface area contributed by atoms with Gasteiger partial charge in [0.25, 0.3) is 0 Å². The third kappa shape index (κ3) is 4.95. The zero-order chi connectivity index (χ0) is 13.2. The average molecular weight is 246 g/mol. The number of phenolic OH excluding ortho intramolecular Hbond substituents is 1. The molecule has 0 atom stereocenters. The topological polar surface area (TPSA) is 20.2 Å². The maximum Gasteiger partial charge on any atom is 0.123 e. The molecule has 18 heavy (non-hydrogen) atoms. The standard InChI is InChI=1S/C17H26O/c1-3-5-6-7-8-9-12-15(4-2)16-13-10-11-14-17(16)18/h4,10-11,13-14,18H,3,5-9,12H2,1-2H3. The summed E-state index contributed by atoms with van der Waals surface area (Å²) in [5.41, 5.74) is 2.26. The Morgan fingerprint density at radius 3 is 2.39 bits per heavy atom. The smallest absolute Gasteiger partial charge is 0.123 e. The molecule has 0 fully saturated rings. The van der Waals surface area contributed by atoms with Crippen LogP contribution in [0.5, 0.6) is 5.75 Å². The molecule has 1 nitrogen and oxygen atoms in total. The first-order valence-corrected chi connectivity index (χ1v) is 7.23. The van der Waals surface area contributed by atoms with Gasteiger partial charge in [0.2, 0.25) is 0 Å². The minimum atomic E-state index is 0.400. The van der Waals surface area contributed by atoms with Gasteiger partial charge in [-0.3, -0.25) is 0 Å². The van der Waals surface area contributed by atoms with Crippen molar-refractivity contribution in [1.29, 1.82) is 0 Å². The Balaban J connectivity index is 2.38. The summed E-state index contributed by atoms with van der Waals surface area (Å²) in [6, 6.07) is 7.62. The van der Waals surface area contributed by atoms with Gasteiger partial charge in [-0.25, -0.2) is 0 Å². The molecule has 1 heteroatoms. The predicted molar refractivity (Wildman–Crippen MR) is 79.8 cm³/mol. The summed E-state index contributed by atoms with van der Waals surface area (Å²) >= 11 is 0. The van der Waals surface area contributed by atoms with Gasteiger partial charge in [0, 0.05) is 5.56 Å². The fourth-order valence-electron chi connectivity index (χ4n) is 2.28. The molecular formula is C17H26O. The third-order valence-corrected chi connectivity index (χ3v) is 3.40. The van der Waals surface area contributed by atoms with E-state index in [1.807, 2.05) is 18.2 Å². The SMILES string of the molecule is CC=C(CCCCCCCC)c1ccccc1O. The summed E-state index contributed by atoms with van der Waals surface area (Å²) in [6.07, 6.45) is 11.1. The van der Waals surface area contributed by atoms with Crippen molar-refractivity contribution in [2.75, 3.05) is 0 Å². The minimum absolute atomic E-state index is 0.400. The summed E-state index contributed by atoms with van der Waals surface area (Å²) in [4.78, 5) is 0. The van der Waals surface area contributed by atoms with Crippen LogP contribution in [0.15, 0.2) is 30.3 Å². The zero-order valence-electron chi connectivity index (χ0n) is 11.8. The number of hydrogen-bond acceptors (Lipinski definition) is 1. The highest BCUT2D eigenvalue weighted by Crippen LogP contribution is 2.28. The van der Waals surface area contributed by atoms with E-state index < -0.39 is 0 Å². The Bertz CT molecular complexity index is 366. The third-order valence-electron chi connectivity index (χ3n) is 3.40. The van der Waals surface area contributed by atoms with E-state index in [0.29, 0.717) is 5.75 Å². The molecule has 0 saturated heterocycles. The molecule has 0 unspecified atom stereocenters. The number of benzene rings is 1. The van der Waals surface area contributed by atoms with Gasteiger partial charge in [-0.15, -0.1) is 0 Å². The highest BCUT2D eigenvalue weighted by Gasteiger charge is 2.05. The van der Waals surface area contributed by atoms with E-state index in [1.54, 1.807) is 6.07 Å². The van der Waals surface area contributed by atoms with Gasteiger partial charge < -0.3 is 5.11 Å².